The number of morpholine rings is 1. The van der Waals surface area contributed by atoms with E-state index in [1.165, 1.54) is 0 Å². The van der Waals surface area contributed by atoms with Gasteiger partial charge in [-0.2, -0.15) is 0 Å². The van der Waals surface area contributed by atoms with Crippen molar-refractivity contribution in [3.63, 3.8) is 0 Å². The van der Waals surface area contributed by atoms with Gasteiger partial charge in [0.25, 0.3) is 0 Å². The Morgan fingerprint density at radius 2 is 2.18 bits per heavy atom. The van der Waals surface area contributed by atoms with Crippen LogP contribution >= 0.6 is 0 Å². The second kappa shape index (κ2) is 3.52. The second-order valence-electron chi connectivity index (χ2n) is 3.96. The Labute approximate surface area is 68.5 Å². The number of hydrogen-bond donors (Lipinski definition) is 2. The summed E-state index contributed by atoms with van der Waals surface area (Å²) < 4.78 is 5.48. The van der Waals surface area contributed by atoms with Crippen molar-refractivity contribution in [1.29, 1.82) is 0 Å². The van der Waals surface area contributed by atoms with Gasteiger partial charge in [-0.05, 0) is 20.8 Å². The molecule has 0 radical (unpaired) electrons. The zero-order valence-electron chi connectivity index (χ0n) is 7.61. The van der Waals surface area contributed by atoms with Gasteiger partial charge in [-0.3, -0.25) is 5.32 Å². The van der Waals surface area contributed by atoms with E-state index in [0.29, 0.717) is 0 Å². The zero-order chi connectivity index (χ0) is 8.32. The average Bonchev–Trinajstić information content (AvgIpc) is 1.85. The molecular formula is C8H18N2O. The summed E-state index contributed by atoms with van der Waals surface area (Å²) in [6, 6.07) is 0. The molecular weight excluding hydrogens is 140 g/mol. The summed E-state index contributed by atoms with van der Waals surface area (Å²) in [5.74, 6) is 0. The third kappa shape index (κ3) is 3.70. The van der Waals surface area contributed by atoms with E-state index in [1.807, 2.05) is 0 Å². The fraction of sp³-hybridized carbons (Fsp3) is 1.00. The van der Waals surface area contributed by atoms with Crippen LogP contribution in [-0.2, 0) is 4.74 Å². The molecule has 1 saturated heterocycles. The molecule has 0 spiro atoms. The number of rotatable bonds is 1. The summed E-state index contributed by atoms with van der Waals surface area (Å²) in [6.07, 6.45) is 0.184. The summed E-state index contributed by atoms with van der Waals surface area (Å²) in [4.78, 5) is 0. The predicted octanol–water partition coefficient (Wildman–Crippen LogP) is 0.320. The van der Waals surface area contributed by atoms with E-state index in [9.17, 15) is 0 Å². The lowest BCUT2D eigenvalue weighted by Crippen LogP contribution is -2.53. The summed E-state index contributed by atoms with van der Waals surface area (Å²) in [5.41, 5.74) is 0.143. The van der Waals surface area contributed by atoms with E-state index in [1.54, 1.807) is 0 Å². The van der Waals surface area contributed by atoms with Gasteiger partial charge in [0.05, 0.1) is 6.61 Å². The largest absolute Gasteiger partial charge is 0.361 e. The molecule has 0 amide bonds. The van der Waals surface area contributed by atoms with Gasteiger partial charge >= 0.3 is 0 Å². The lowest BCUT2D eigenvalue weighted by Gasteiger charge is -2.31. The summed E-state index contributed by atoms with van der Waals surface area (Å²) in [5, 5.41) is 6.64. The lowest BCUT2D eigenvalue weighted by atomic mass is 10.1. The van der Waals surface area contributed by atoms with Gasteiger partial charge in [-0.1, -0.05) is 0 Å². The van der Waals surface area contributed by atoms with Crippen molar-refractivity contribution < 1.29 is 4.74 Å². The molecule has 3 heteroatoms. The van der Waals surface area contributed by atoms with E-state index >= 15 is 0 Å². The molecule has 0 aromatic heterocycles. The zero-order valence-corrected chi connectivity index (χ0v) is 7.61. The van der Waals surface area contributed by atoms with E-state index in [0.717, 1.165) is 19.7 Å². The monoisotopic (exact) mass is 158 g/mol. The maximum Gasteiger partial charge on any atom is 0.121 e. The van der Waals surface area contributed by atoms with Crippen molar-refractivity contribution in [1.82, 2.24) is 10.6 Å². The van der Waals surface area contributed by atoms with Crippen molar-refractivity contribution in [2.45, 2.75) is 32.5 Å². The van der Waals surface area contributed by atoms with Crippen molar-refractivity contribution in [2.24, 2.45) is 0 Å². The van der Waals surface area contributed by atoms with Gasteiger partial charge in [-0.25, -0.2) is 0 Å². The highest BCUT2D eigenvalue weighted by molar-refractivity contribution is 4.75. The number of hydrogen-bond acceptors (Lipinski definition) is 3. The lowest BCUT2D eigenvalue weighted by molar-refractivity contribution is -0.00779. The van der Waals surface area contributed by atoms with E-state index in [-0.39, 0.29) is 11.8 Å². The van der Waals surface area contributed by atoms with Crippen LogP contribution < -0.4 is 10.6 Å². The van der Waals surface area contributed by atoms with Crippen molar-refractivity contribution >= 4 is 0 Å². The Morgan fingerprint density at radius 1 is 1.45 bits per heavy atom. The van der Waals surface area contributed by atoms with Crippen LogP contribution in [0, 0.1) is 0 Å². The van der Waals surface area contributed by atoms with Crippen LogP contribution in [0.5, 0.6) is 0 Å². The third-order valence-electron chi connectivity index (χ3n) is 1.52. The van der Waals surface area contributed by atoms with Crippen molar-refractivity contribution in [3.8, 4) is 0 Å². The first kappa shape index (κ1) is 8.97. The first-order valence-corrected chi connectivity index (χ1v) is 4.18. The van der Waals surface area contributed by atoms with E-state index in [4.69, 9.17) is 4.74 Å². The minimum Gasteiger partial charge on any atom is -0.361 e. The van der Waals surface area contributed by atoms with Gasteiger partial charge < -0.3 is 10.1 Å². The van der Waals surface area contributed by atoms with Gasteiger partial charge in [0, 0.05) is 18.6 Å². The fourth-order valence-electron chi connectivity index (χ4n) is 1.14. The number of nitrogens with one attached hydrogen (secondary N) is 2. The maximum absolute atomic E-state index is 5.48. The minimum atomic E-state index is 0.143. The van der Waals surface area contributed by atoms with Gasteiger partial charge in [0.1, 0.15) is 6.23 Å². The fourth-order valence-corrected chi connectivity index (χ4v) is 1.14. The molecule has 3 nitrogen and oxygen atoms in total. The molecule has 0 aromatic carbocycles. The molecule has 66 valence electrons. The maximum atomic E-state index is 5.48. The minimum absolute atomic E-state index is 0.143. The van der Waals surface area contributed by atoms with E-state index < -0.39 is 0 Å². The molecule has 0 bridgehead atoms. The van der Waals surface area contributed by atoms with Crippen LogP contribution in [0.15, 0.2) is 0 Å². The molecule has 1 unspecified atom stereocenters. The molecule has 1 rings (SSSR count). The topological polar surface area (TPSA) is 33.3 Å². The molecule has 0 aliphatic carbocycles. The summed E-state index contributed by atoms with van der Waals surface area (Å²) in [6.45, 7) is 9.13. The molecule has 0 saturated carbocycles. The highest BCUT2D eigenvalue weighted by atomic mass is 16.5. The molecule has 2 N–H and O–H groups in total. The van der Waals surface area contributed by atoms with Crippen LogP contribution in [0.3, 0.4) is 0 Å². The first-order valence-electron chi connectivity index (χ1n) is 4.18. The quantitative estimate of drug-likeness (QED) is 0.576. The van der Waals surface area contributed by atoms with Gasteiger partial charge in [-0.15, -0.1) is 0 Å². The molecule has 1 aliphatic rings. The Hall–Kier alpha value is -0.120. The standard InChI is InChI=1S/C8H18N2O/c1-8(2,3)10-7-6-9-4-5-11-7/h7,9-10H,4-6H2,1-3H3. The summed E-state index contributed by atoms with van der Waals surface area (Å²) >= 11 is 0. The Balaban J connectivity index is 2.24. The highest BCUT2D eigenvalue weighted by Crippen LogP contribution is 2.03. The second-order valence-corrected chi connectivity index (χ2v) is 3.96. The van der Waals surface area contributed by atoms with Crippen LogP contribution in [0.25, 0.3) is 0 Å². The Morgan fingerprint density at radius 3 is 2.64 bits per heavy atom. The summed E-state index contributed by atoms with van der Waals surface area (Å²) in [7, 11) is 0. The molecule has 1 atom stereocenters. The molecule has 1 aliphatic heterocycles. The van der Waals surface area contributed by atoms with Crippen LogP contribution in [-0.4, -0.2) is 31.5 Å². The van der Waals surface area contributed by atoms with Crippen LogP contribution in [0.4, 0.5) is 0 Å². The van der Waals surface area contributed by atoms with Crippen molar-refractivity contribution in [3.05, 3.63) is 0 Å². The predicted molar refractivity (Wildman–Crippen MR) is 45.5 cm³/mol. The smallest absolute Gasteiger partial charge is 0.121 e. The van der Waals surface area contributed by atoms with Crippen LogP contribution in [0.2, 0.25) is 0 Å². The Kier molecular flexibility index (Phi) is 2.87. The van der Waals surface area contributed by atoms with Crippen LogP contribution in [0.1, 0.15) is 20.8 Å². The average molecular weight is 158 g/mol. The highest BCUT2D eigenvalue weighted by Gasteiger charge is 2.18. The molecule has 1 heterocycles. The normalized spacial score (nSPS) is 27.0. The third-order valence-corrected chi connectivity index (χ3v) is 1.52. The molecule has 11 heavy (non-hydrogen) atoms. The Bertz CT molecular complexity index is 114. The van der Waals surface area contributed by atoms with Gasteiger partial charge in [0.15, 0.2) is 0 Å². The van der Waals surface area contributed by atoms with E-state index in [2.05, 4.69) is 31.4 Å². The molecule has 1 fully saturated rings. The van der Waals surface area contributed by atoms with Gasteiger partial charge in [0.2, 0.25) is 0 Å². The SMILES string of the molecule is CC(C)(C)NC1CNCCO1. The first-order chi connectivity index (χ1) is 5.08. The van der Waals surface area contributed by atoms with Crippen molar-refractivity contribution in [2.75, 3.05) is 19.7 Å². The molecule has 0 aromatic rings. The number of ether oxygens (including phenoxy) is 1.